The van der Waals surface area contributed by atoms with Crippen molar-refractivity contribution in [3.8, 4) is 11.5 Å². The molecule has 0 saturated carbocycles. The van der Waals surface area contributed by atoms with Crippen molar-refractivity contribution in [3.05, 3.63) is 65.2 Å². The fourth-order valence-electron chi connectivity index (χ4n) is 2.49. The molecule has 0 atom stereocenters. The standard InChI is InChI=1S/C22H26N2O4/c1-3-4-12-28-19-10-8-16(14-20(19)27-2)9-11-21(25)24-15-17-6-5-7-18(13-17)22(23)26/h5-11,13-14H,3-4,12,15H2,1-2H3,(H2,23,26)(H,24,25)/b11-9+. The topological polar surface area (TPSA) is 90.6 Å². The van der Waals surface area contributed by atoms with Gasteiger partial charge < -0.3 is 20.5 Å². The molecule has 6 heteroatoms. The van der Waals surface area contributed by atoms with Gasteiger partial charge in [-0.1, -0.05) is 31.5 Å². The van der Waals surface area contributed by atoms with Gasteiger partial charge >= 0.3 is 0 Å². The molecule has 0 spiro atoms. The van der Waals surface area contributed by atoms with Crippen molar-refractivity contribution in [1.29, 1.82) is 0 Å². The van der Waals surface area contributed by atoms with Gasteiger partial charge in [-0.15, -0.1) is 0 Å². The third kappa shape index (κ3) is 6.46. The summed E-state index contributed by atoms with van der Waals surface area (Å²) in [6.07, 6.45) is 5.19. The Morgan fingerprint density at radius 3 is 2.68 bits per heavy atom. The maximum atomic E-state index is 12.1. The fraction of sp³-hybridized carbons (Fsp3) is 0.273. The number of nitrogens with one attached hydrogen (secondary N) is 1. The van der Waals surface area contributed by atoms with Gasteiger partial charge in [0, 0.05) is 18.2 Å². The summed E-state index contributed by atoms with van der Waals surface area (Å²) in [6, 6.07) is 12.4. The van der Waals surface area contributed by atoms with Crippen molar-refractivity contribution in [1.82, 2.24) is 5.32 Å². The van der Waals surface area contributed by atoms with Crippen LogP contribution in [0, 0.1) is 0 Å². The van der Waals surface area contributed by atoms with E-state index in [2.05, 4.69) is 12.2 Å². The number of carbonyl (C=O) groups is 2. The summed E-state index contributed by atoms with van der Waals surface area (Å²) in [5.74, 6) is 0.574. The van der Waals surface area contributed by atoms with Crippen molar-refractivity contribution >= 4 is 17.9 Å². The number of hydrogen-bond donors (Lipinski definition) is 2. The quantitative estimate of drug-likeness (QED) is 0.487. The third-order valence-electron chi connectivity index (χ3n) is 4.05. The average molecular weight is 382 g/mol. The largest absolute Gasteiger partial charge is 0.493 e. The van der Waals surface area contributed by atoms with Crippen LogP contribution in [0.1, 0.15) is 41.3 Å². The first-order chi connectivity index (χ1) is 13.5. The Morgan fingerprint density at radius 1 is 1.14 bits per heavy atom. The molecule has 28 heavy (non-hydrogen) atoms. The van der Waals surface area contributed by atoms with E-state index in [0.29, 0.717) is 30.2 Å². The minimum atomic E-state index is -0.496. The van der Waals surface area contributed by atoms with Crippen LogP contribution >= 0.6 is 0 Å². The Balaban J connectivity index is 1.94. The van der Waals surface area contributed by atoms with E-state index in [9.17, 15) is 9.59 Å². The number of primary amides is 1. The van der Waals surface area contributed by atoms with Crippen molar-refractivity contribution < 1.29 is 19.1 Å². The highest BCUT2D eigenvalue weighted by atomic mass is 16.5. The molecule has 0 aromatic heterocycles. The van der Waals surface area contributed by atoms with Crippen LogP contribution in [0.3, 0.4) is 0 Å². The zero-order valence-corrected chi connectivity index (χ0v) is 16.2. The number of nitrogens with two attached hydrogens (primary N) is 1. The molecular formula is C22H26N2O4. The Labute approximate surface area is 165 Å². The Hall–Kier alpha value is -3.28. The summed E-state index contributed by atoms with van der Waals surface area (Å²) >= 11 is 0. The lowest BCUT2D eigenvalue weighted by Crippen LogP contribution is -2.20. The third-order valence-corrected chi connectivity index (χ3v) is 4.05. The van der Waals surface area contributed by atoms with Crippen LogP contribution in [0.5, 0.6) is 11.5 Å². The molecule has 0 aliphatic heterocycles. The summed E-state index contributed by atoms with van der Waals surface area (Å²) in [7, 11) is 1.59. The van der Waals surface area contributed by atoms with E-state index in [-0.39, 0.29) is 5.91 Å². The SMILES string of the molecule is CCCCOc1ccc(/C=C/C(=O)NCc2cccc(C(N)=O)c2)cc1OC. The van der Waals surface area contributed by atoms with E-state index in [0.717, 1.165) is 24.0 Å². The van der Waals surface area contributed by atoms with Crippen LogP contribution in [0.4, 0.5) is 0 Å². The van der Waals surface area contributed by atoms with Crippen LogP contribution in [-0.2, 0) is 11.3 Å². The molecule has 0 radical (unpaired) electrons. The van der Waals surface area contributed by atoms with Gasteiger partial charge in [0.15, 0.2) is 11.5 Å². The van der Waals surface area contributed by atoms with Crippen molar-refractivity contribution in [2.75, 3.05) is 13.7 Å². The second-order valence-electron chi connectivity index (χ2n) is 6.23. The molecule has 0 saturated heterocycles. The zero-order chi connectivity index (χ0) is 20.4. The molecule has 0 unspecified atom stereocenters. The van der Waals surface area contributed by atoms with E-state index in [1.165, 1.54) is 6.08 Å². The smallest absolute Gasteiger partial charge is 0.248 e. The lowest BCUT2D eigenvalue weighted by molar-refractivity contribution is -0.116. The summed E-state index contributed by atoms with van der Waals surface area (Å²) in [6.45, 7) is 3.05. The molecule has 0 bridgehead atoms. The van der Waals surface area contributed by atoms with E-state index in [4.69, 9.17) is 15.2 Å². The van der Waals surface area contributed by atoms with E-state index < -0.39 is 5.91 Å². The molecule has 2 rings (SSSR count). The molecule has 6 nitrogen and oxygen atoms in total. The van der Waals surface area contributed by atoms with Gasteiger partial charge in [0.2, 0.25) is 11.8 Å². The average Bonchev–Trinajstić information content (AvgIpc) is 2.71. The van der Waals surface area contributed by atoms with Crippen LogP contribution in [-0.4, -0.2) is 25.5 Å². The predicted octanol–water partition coefficient (Wildman–Crippen LogP) is 3.30. The minimum absolute atomic E-state index is 0.244. The number of hydrogen-bond acceptors (Lipinski definition) is 4. The Morgan fingerprint density at radius 2 is 1.96 bits per heavy atom. The molecular weight excluding hydrogens is 356 g/mol. The molecule has 2 amide bonds. The molecule has 3 N–H and O–H groups in total. The fourth-order valence-corrected chi connectivity index (χ4v) is 2.49. The number of rotatable bonds is 10. The van der Waals surface area contributed by atoms with Gasteiger partial charge in [0.1, 0.15) is 0 Å². The van der Waals surface area contributed by atoms with Gasteiger partial charge in [-0.05, 0) is 47.9 Å². The molecule has 0 heterocycles. The second kappa shape index (κ2) is 10.8. The van der Waals surface area contributed by atoms with Gasteiger partial charge in [-0.3, -0.25) is 9.59 Å². The molecule has 2 aromatic carbocycles. The first-order valence-corrected chi connectivity index (χ1v) is 9.19. The number of amides is 2. The van der Waals surface area contributed by atoms with Gasteiger partial charge in [-0.2, -0.15) is 0 Å². The molecule has 0 aliphatic rings. The highest BCUT2D eigenvalue weighted by Crippen LogP contribution is 2.28. The lowest BCUT2D eigenvalue weighted by atomic mass is 10.1. The molecule has 148 valence electrons. The van der Waals surface area contributed by atoms with Crippen LogP contribution in [0.25, 0.3) is 6.08 Å². The summed E-state index contributed by atoms with van der Waals surface area (Å²) in [5.41, 5.74) is 7.30. The number of unbranched alkanes of at least 4 members (excludes halogenated alkanes) is 1. The van der Waals surface area contributed by atoms with Crippen molar-refractivity contribution in [2.45, 2.75) is 26.3 Å². The van der Waals surface area contributed by atoms with Gasteiger partial charge in [0.25, 0.3) is 0 Å². The Kier molecular flexibility index (Phi) is 8.09. The maximum absolute atomic E-state index is 12.1. The van der Waals surface area contributed by atoms with Crippen LogP contribution in [0.15, 0.2) is 48.5 Å². The lowest BCUT2D eigenvalue weighted by Gasteiger charge is -2.11. The number of carbonyl (C=O) groups excluding carboxylic acids is 2. The molecule has 0 fully saturated rings. The number of methoxy groups -OCH3 is 1. The van der Waals surface area contributed by atoms with Gasteiger partial charge in [0.05, 0.1) is 13.7 Å². The maximum Gasteiger partial charge on any atom is 0.248 e. The van der Waals surface area contributed by atoms with Crippen molar-refractivity contribution in [3.63, 3.8) is 0 Å². The van der Waals surface area contributed by atoms with E-state index in [1.807, 2.05) is 24.3 Å². The normalized spacial score (nSPS) is 10.6. The first kappa shape index (κ1) is 21.0. The van der Waals surface area contributed by atoms with Gasteiger partial charge in [-0.25, -0.2) is 0 Å². The summed E-state index contributed by atoms with van der Waals surface area (Å²) < 4.78 is 11.1. The zero-order valence-electron chi connectivity index (χ0n) is 16.2. The number of ether oxygens (including phenoxy) is 2. The predicted molar refractivity (Wildman–Crippen MR) is 109 cm³/mol. The van der Waals surface area contributed by atoms with Crippen LogP contribution < -0.4 is 20.5 Å². The second-order valence-corrected chi connectivity index (χ2v) is 6.23. The number of benzene rings is 2. The Bertz CT molecular complexity index is 846. The molecule has 0 aliphatic carbocycles. The van der Waals surface area contributed by atoms with Crippen LogP contribution in [0.2, 0.25) is 0 Å². The van der Waals surface area contributed by atoms with E-state index in [1.54, 1.807) is 31.4 Å². The summed E-state index contributed by atoms with van der Waals surface area (Å²) in [4.78, 5) is 23.3. The molecule has 2 aromatic rings. The van der Waals surface area contributed by atoms with Crippen molar-refractivity contribution in [2.24, 2.45) is 5.73 Å². The van der Waals surface area contributed by atoms with E-state index >= 15 is 0 Å². The first-order valence-electron chi connectivity index (χ1n) is 9.19. The summed E-state index contributed by atoms with van der Waals surface area (Å²) in [5, 5.41) is 2.78. The monoisotopic (exact) mass is 382 g/mol. The highest BCUT2D eigenvalue weighted by molar-refractivity contribution is 5.93. The minimum Gasteiger partial charge on any atom is -0.493 e. The highest BCUT2D eigenvalue weighted by Gasteiger charge is 2.05.